The van der Waals surface area contributed by atoms with Crippen LogP contribution in [0.4, 0.5) is 0 Å². The Hall–Kier alpha value is -1.61. The fraction of sp³-hybridized carbons (Fsp3) is 0.308. The molecule has 3 nitrogen and oxygen atoms in total. The van der Waals surface area contributed by atoms with E-state index in [1.165, 1.54) is 0 Å². The van der Waals surface area contributed by atoms with E-state index in [-0.39, 0.29) is 0 Å². The van der Waals surface area contributed by atoms with Gasteiger partial charge in [0, 0.05) is 18.2 Å². The smallest absolute Gasteiger partial charge is 0.0926 e. The lowest BCUT2D eigenvalue weighted by molar-refractivity contribution is 0.511. The molecule has 1 aromatic heterocycles. The molecular weight excluding hydrogens is 198 g/mol. The summed E-state index contributed by atoms with van der Waals surface area (Å²) in [7, 11) is 0. The standard InChI is InChI=1S/C13H17N3/c1-10(2)16-12(9-14)8-13(15-16)11-6-4-3-5-7-11/h3-8,10H,9,14H2,1-2H3. The molecule has 16 heavy (non-hydrogen) atoms. The van der Waals surface area contributed by atoms with Gasteiger partial charge in [-0.05, 0) is 19.9 Å². The van der Waals surface area contributed by atoms with Gasteiger partial charge in [-0.1, -0.05) is 30.3 Å². The fourth-order valence-corrected chi connectivity index (χ4v) is 1.78. The molecule has 0 spiro atoms. The van der Waals surface area contributed by atoms with Gasteiger partial charge in [0.25, 0.3) is 0 Å². The van der Waals surface area contributed by atoms with Crippen LogP contribution in [-0.2, 0) is 6.54 Å². The lowest BCUT2D eigenvalue weighted by Gasteiger charge is -2.08. The molecule has 84 valence electrons. The van der Waals surface area contributed by atoms with Crippen LogP contribution in [0.3, 0.4) is 0 Å². The zero-order valence-electron chi connectivity index (χ0n) is 9.72. The molecule has 0 atom stereocenters. The Labute approximate surface area is 95.9 Å². The molecule has 1 aromatic carbocycles. The van der Waals surface area contributed by atoms with Crippen molar-refractivity contribution in [1.82, 2.24) is 9.78 Å². The molecule has 1 heterocycles. The van der Waals surface area contributed by atoms with Crippen molar-refractivity contribution < 1.29 is 0 Å². The summed E-state index contributed by atoms with van der Waals surface area (Å²) in [5.41, 5.74) is 8.93. The quantitative estimate of drug-likeness (QED) is 0.855. The van der Waals surface area contributed by atoms with E-state index in [0.29, 0.717) is 12.6 Å². The van der Waals surface area contributed by atoms with Gasteiger partial charge in [-0.2, -0.15) is 5.10 Å². The minimum atomic E-state index is 0.344. The van der Waals surface area contributed by atoms with Gasteiger partial charge in [-0.15, -0.1) is 0 Å². The van der Waals surface area contributed by atoms with Crippen LogP contribution in [0.25, 0.3) is 11.3 Å². The highest BCUT2D eigenvalue weighted by atomic mass is 15.3. The van der Waals surface area contributed by atoms with E-state index in [0.717, 1.165) is 17.0 Å². The molecule has 2 N–H and O–H groups in total. The van der Waals surface area contributed by atoms with Crippen LogP contribution in [0, 0.1) is 0 Å². The van der Waals surface area contributed by atoms with Crippen molar-refractivity contribution in [3.63, 3.8) is 0 Å². The van der Waals surface area contributed by atoms with Gasteiger partial charge < -0.3 is 5.73 Å². The molecule has 0 saturated heterocycles. The number of hydrogen-bond acceptors (Lipinski definition) is 2. The van der Waals surface area contributed by atoms with Crippen LogP contribution < -0.4 is 5.73 Å². The first kappa shape index (κ1) is 10.9. The maximum Gasteiger partial charge on any atom is 0.0926 e. The minimum Gasteiger partial charge on any atom is -0.325 e. The summed E-state index contributed by atoms with van der Waals surface area (Å²) < 4.78 is 1.99. The van der Waals surface area contributed by atoms with Gasteiger partial charge in [0.2, 0.25) is 0 Å². The molecule has 0 amide bonds. The van der Waals surface area contributed by atoms with E-state index in [1.54, 1.807) is 0 Å². The summed E-state index contributed by atoms with van der Waals surface area (Å²) in [6.07, 6.45) is 0. The van der Waals surface area contributed by atoms with Gasteiger partial charge >= 0.3 is 0 Å². The van der Waals surface area contributed by atoms with E-state index >= 15 is 0 Å². The predicted octanol–water partition coefficient (Wildman–Crippen LogP) is 2.59. The Morgan fingerprint density at radius 1 is 1.25 bits per heavy atom. The van der Waals surface area contributed by atoms with Crippen molar-refractivity contribution in [2.75, 3.05) is 0 Å². The third-order valence-electron chi connectivity index (χ3n) is 2.58. The summed E-state index contributed by atoms with van der Waals surface area (Å²) in [5, 5.41) is 4.59. The Bertz CT molecular complexity index is 457. The van der Waals surface area contributed by atoms with Crippen molar-refractivity contribution in [2.45, 2.75) is 26.4 Å². The molecular formula is C13H17N3. The molecule has 2 rings (SSSR count). The zero-order valence-corrected chi connectivity index (χ0v) is 9.72. The number of nitrogens with two attached hydrogens (primary N) is 1. The van der Waals surface area contributed by atoms with Crippen molar-refractivity contribution in [1.29, 1.82) is 0 Å². The van der Waals surface area contributed by atoms with E-state index < -0.39 is 0 Å². The summed E-state index contributed by atoms with van der Waals surface area (Å²) in [5.74, 6) is 0. The second-order valence-electron chi connectivity index (χ2n) is 4.13. The van der Waals surface area contributed by atoms with Gasteiger partial charge in [0.05, 0.1) is 11.4 Å². The van der Waals surface area contributed by atoms with Crippen LogP contribution in [0.15, 0.2) is 36.4 Å². The summed E-state index contributed by atoms with van der Waals surface area (Å²) in [6, 6.07) is 12.6. The summed E-state index contributed by atoms with van der Waals surface area (Å²) >= 11 is 0. The monoisotopic (exact) mass is 215 g/mol. The van der Waals surface area contributed by atoms with Crippen LogP contribution >= 0.6 is 0 Å². The van der Waals surface area contributed by atoms with Crippen LogP contribution in [0.1, 0.15) is 25.6 Å². The first-order valence-corrected chi connectivity index (χ1v) is 5.56. The van der Waals surface area contributed by atoms with Crippen molar-refractivity contribution >= 4 is 0 Å². The van der Waals surface area contributed by atoms with E-state index in [2.05, 4.69) is 37.1 Å². The zero-order chi connectivity index (χ0) is 11.5. The Balaban J connectivity index is 2.44. The average molecular weight is 215 g/mol. The predicted molar refractivity (Wildman–Crippen MR) is 65.9 cm³/mol. The lowest BCUT2D eigenvalue weighted by atomic mass is 10.1. The SMILES string of the molecule is CC(C)n1nc(-c2ccccc2)cc1CN. The molecule has 0 unspecified atom stereocenters. The Morgan fingerprint density at radius 2 is 1.94 bits per heavy atom. The average Bonchev–Trinajstić information content (AvgIpc) is 2.74. The van der Waals surface area contributed by atoms with Gasteiger partial charge in [0.1, 0.15) is 0 Å². The Kier molecular flexibility index (Phi) is 3.06. The molecule has 2 aromatic rings. The van der Waals surface area contributed by atoms with Crippen LogP contribution in [0.2, 0.25) is 0 Å². The first-order chi connectivity index (χ1) is 7.72. The van der Waals surface area contributed by atoms with Crippen molar-refractivity contribution in [3.05, 3.63) is 42.1 Å². The van der Waals surface area contributed by atoms with Gasteiger partial charge in [-0.25, -0.2) is 0 Å². The third kappa shape index (κ3) is 1.99. The highest BCUT2D eigenvalue weighted by Gasteiger charge is 2.09. The topological polar surface area (TPSA) is 43.8 Å². The highest BCUT2D eigenvalue weighted by Crippen LogP contribution is 2.20. The molecule has 0 aliphatic rings. The van der Waals surface area contributed by atoms with Gasteiger partial charge in [0.15, 0.2) is 0 Å². The summed E-state index contributed by atoms with van der Waals surface area (Å²) in [4.78, 5) is 0. The van der Waals surface area contributed by atoms with Crippen LogP contribution in [0.5, 0.6) is 0 Å². The van der Waals surface area contributed by atoms with E-state index in [1.807, 2.05) is 22.9 Å². The largest absolute Gasteiger partial charge is 0.325 e. The second kappa shape index (κ2) is 4.49. The molecule has 0 radical (unpaired) electrons. The summed E-state index contributed by atoms with van der Waals surface area (Å²) in [6.45, 7) is 4.75. The molecule has 0 saturated carbocycles. The molecule has 0 fully saturated rings. The highest BCUT2D eigenvalue weighted by molar-refractivity contribution is 5.59. The maximum atomic E-state index is 5.72. The van der Waals surface area contributed by atoms with Gasteiger partial charge in [-0.3, -0.25) is 4.68 Å². The number of hydrogen-bond donors (Lipinski definition) is 1. The van der Waals surface area contributed by atoms with Crippen molar-refractivity contribution in [3.8, 4) is 11.3 Å². The molecule has 0 aliphatic heterocycles. The Morgan fingerprint density at radius 3 is 2.44 bits per heavy atom. The first-order valence-electron chi connectivity index (χ1n) is 5.56. The lowest BCUT2D eigenvalue weighted by Crippen LogP contribution is -2.10. The number of rotatable bonds is 3. The number of aromatic nitrogens is 2. The van der Waals surface area contributed by atoms with E-state index in [4.69, 9.17) is 5.73 Å². The van der Waals surface area contributed by atoms with Crippen LogP contribution in [-0.4, -0.2) is 9.78 Å². The maximum absolute atomic E-state index is 5.72. The third-order valence-corrected chi connectivity index (χ3v) is 2.58. The normalized spacial score (nSPS) is 11.0. The molecule has 0 aliphatic carbocycles. The minimum absolute atomic E-state index is 0.344. The second-order valence-corrected chi connectivity index (χ2v) is 4.13. The van der Waals surface area contributed by atoms with Crippen molar-refractivity contribution in [2.24, 2.45) is 5.73 Å². The molecule has 3 heteroatoms. The molecule has 0 bridgehead atoms. The number of nitrogens with zero attached hydrogens (tertiary/aromatic N) is 2. The van der Waals surface area contributed by atoms with E-state index in [9.17, 15) is 0 Å². The number of benzene rings is 1. The fourth-order valence-electron chi connectivity index (χ4n) is 1.78.